The number of hydrogen-bond donors (Lipinski definition) is 0. The Morgan fingerprint density at radius 3 is 2.38 bits per heavy atom. The second kappa shape index (κ2) is 10.0. The van der Waals surface area contributed by atoms with Crippen LogP contribution in [0.3, 0.4) is 0 Å². The predicted octanol–water partition coefficient (Wildman–Crippen LogP) is 5.05. The molecule has 2 rings (SSSR count). The van der Waals surface area contributed by atoms with Crippen molar-refractivity contribution in [2.45, 2.75) is 26.7 Å². The zero-order valence-electron chi connectivity index (χ0n) is 15.2. The van der Waals surface area contributed by atoms with Crippen molar-refractivity contribution >= 4 is 11.9 Å². The fourth-order valence-corrected chi connectivity index (χ4v) is 2.33. The van der Waals surface area contributed by atoms with Crippen molar-refractivity contribution in [2.24, 2.45) is 0 Å². The van der Waals surface area contributed by atoms with Crippen LogP contribution in [0.4, 0.5) is 0 Å². The molecule has 0 N–H and O–H groups in total. The van der Waals surface area contributed by atoms with E-state index >= 15 is 0 Å². The minimum absolute atomic E-state index is 0.0692. The van der Waals surface area contributed by atoms with Crippen molar-refractivity contribution in [3.8, 4) is 17.6 Å². The number of Topliss-reactive ketones (excluding diaryl/α,β-unsaturated/α-hetero) is 1. The first kappa shape index (κ1) is 19.3. The molecule has 4 heteroatoms. The second-order valence-electron chi connectivity index (χ2n) is 5.76. The van der Waals surface area contributed by atoms with Crippen LogP contribution in [0.5, 0.6) is 11.5 Å². The molecule has 26 heavy (non-hydrogen) atoms. The first-order chi connectivity index (χ1) is 12.7. The number of hydrogen-bond acceptors (Lipinski definition) is 4. The fourth-order valence-electron chi connectivity index (χ4n) is 2.33. The van der Waals surface area contributed by atoms with Crippen molar-refractivity contribution in [3.63, 3.8) is 0 Å². The van der Waals surface area contributed by atoms with Gasteiger partial charge in [-0.15, -0.1) is 0 Å². The van der Waals surface area contributed by atoms with Gasteiger partial charge in [-0.2, -0.15) is 5.26 Å². The van der Waals surface area contributed by atoms with Crippen LogP contribution in [0.15, 0.2) is 54.1 Å². The summed E-state index contributed by atoms with van der Waals surface area (Å²) < 4.78 is 11.4. The van der Waals surface area contributed by atoms with Crippen molar-refractivity contribution in [2.75, 3.05) is 13.2 Å². The lowest BCUT2D eigenvalue weighted by Gasteiger charge is -2.12. The molecule has 134 valence electrons. The van der Waals surface area contributed by atoms with Gasteiger partial charge in [-0.3, -0.25) is 4.79 Å². The van der Waals surface area contributed by atoms with Crippen LogP contribution in [0.25, 0.3) is 6.08 Å². The highest BCUT2D eigenvalue weighted by atomic mass is 16.5. The van der Waals surface area contributed by atoms with Gasteiger partial charge in [-0.1, -0.05) is 44.2 Å². The van der Waals surface area contributed by atoms with E-state index in [0.717, 1.165) is 12.8 Å². The predicted molar refractivity (Wildman–Crippen MR) is 102 cm³/mol. The summed E-state index contributed by atoms with van der Waals surface area (Å²) in [5.74, 6) is 1.01. The van der Waals surface area contributed by atoms with Gasteiger partial charge in [0.2, 0.25) is 5.78 Å². The third kappa shape index (κ3) is 5.22. The van der Waals surface area contributed by atoms with Gasteiger partial charge in [0.15, 0.2) is 0 Å². The number of carbonyl (C=O) groups is 1. The lowest BCUT2D eigenvalue weighted by molar-refractivity contribution is 0.104. The number of nitriles is 1. The van der Waals surface area contributed by atoms with Crippen LogP contribution < -0.4 is 9.47 Å². The van der Waals surface area contributed by atoms with Gasteiger partial charge in [0, 0.05) is 17.2 Å². The first-order valence-corrected chi connectivity index (χ1v) is 8.80. The average molecular weight is 349 g/mol. The van der Waals surface area contributed by atoms with E-state index < -0.39 is 0 Å². The topological polar surface area (TPSA) is 59.3 Å². The summed E-state index contributed by atoms with van der Waals surface area (Å²) in [6.07, 6.45) is 3.35. The summed E-state index contributed by atoms with van der Waals surface area (Å²) in [4.78, 5) is 12.6. The first-order valence-electron chi connectivity index (χ1n) is 8.80. The van der Waals surface area contributed by atoms with Crippen LogP contribution >= 0.6 is 0 Å². The van der Waals surface area contributed by atoms with E-state index in [-0.39, 0.29) is 11.4 Å². The molecule has 0 amide bonds. The molecule has 0 aliphatic heterocycles. The maximum Gasteiger partial charge on any atom is 0.203 e. The summed E-state index contributed by atoms with van der Waals surface area (Å²) in [7, 11) is 0. The lowest BCUT2D eigenvalue weighted by atomic mass is 10.0. The molecule has 2 aromatic carbocycles. The van der Waals surface area contributed by atoms with Gasteiger partial charge in [0.25, 0.3) is 0 Å². The molecular weight excluding hydrogens is 326 g/mol. The van der Waals surface area contributed by atoms with Crippen LogP contribution in [0, 0.1) is 11.3 Å². The molecule has 2 aromatic rings. The summed E-state index contributed by atoms with van der Waals surface area (Å²) in [5, 5.41) is 9.45. The van der Waals surface area contributed by atoms with Gasteiger partial charge >= 0.3 is 0 Å². The van der Waals surface area contributed by atoms with Crippen molar-refractivity contribution in [1.82, 2.24) is 0 Å². The van der Waals surface area contributed by atoms with E-state index in [4.69, 9.17) is 9.47 Å². The average Bonchev–Trinajstić information content (AvgIpc) is 2.69. The van der Waals surface area contributed by atoms with E-state index in [0.29, 0.717) is 35.8 Å². The molecule has 0 aliphatic carbocycles. The standard InChI is InChI=1S/C22H23NO3/c1-3-12-25-20-11-10-18(21(15-20)26-13-4-2)14-19(16-23)22(24)17-8-6-5-7-9-17/h5-11,14-15H,3-4,12-13H2,1-2H3/b19-14+. The summed E-state index contributed by atoms with van der Waals surface area (Å²) in [6.45, 7) is 5.23. The monoisotopic (exact) mass is 349 g/mol. The normalized spacial score (nSPS) is 10.9. The Morgan fingerprint density at radius 1 is 1.04 bits per heavy atom. The largest absolute Gasteiger partial charge is 0.493 e. The molecule has 0 saturated carbocycles. The van der Waals surface area contributed by atoms with Crippen LogP contribution in [-0.2, 0) is 0 Å². The van der Waals surface area contributed by atoms with Gasteiger partial charge in [0.1, 0.15) is 23.1 Å². The molecule has 0 unspecified atom stereocenters. The zero-order valence-corrected chi connectivity index (χ0v) is 15.2. The Hall–Kier alpha value is -3.06. The van der Waals surface area contributed by atoms with Crippen LogP contribution in [0.2, 0.25) is 0 Å². The van der Waals surface area contributed by atoms with E-state index in [1.54, 1.807) is 36.4 Å². The number of ketones is 1. The minimum Gasteiger partial charge on any atom is -0.493 e. The smallest absolute Gasteiger partial charge is 0.203 e. The highest BCUT2D eigenvalue weighted by Crippen LogP contribution is 2.28. The molecule has 0 aromatic heterocycles. The number of rotatable bonds is 9. The Labute approximate surface area is 154 Å². The van der Waals surface area contributed by atoms with Gasteiger partial charge in [-0.25, -0.2) is 0 Å². The minimum atomic E-state index is -0.305. The number of carbonyl (C=O) groups excluding carboxylic acids is 1. The van der Waals surface area contributed by atoms with Crippen LogP contribution in [-0.4, -0.2) is 19.0 Å². The zero-order chi connectivity index (χ0) is 18.8. The summed E-state index contributed by atoms with van der Waals surface area (Å²) in [5.41, 5.74) is 1.24. The molecule has 0 aliphatic rings. The van der Waals surface area contributed by atoms with Crippen molar-refractivity contribution in [1.29, 1.82) is 5.26 Å². The van der Waals surface area contributed by atoms with E-state index in [2.05, 4.69) is 0 Å². The van der Waals surface area contributed by atoms with Crippen molar-refractivity contribution < 1.29 is 14.3 Å². The Balaban J connectivity index is 2.36. The van der Waals surface area contributed by atoms with Gasteiger partial charge < -0.3 is 9.47 Å². The maximum absolute atomic E-state index is 12.6. The molecule has 0 heterocycles. The number of benzene rings is 2. The summed E-state index contributed by atoms with van der Waals surface area (Å²) in [6, 6.07) is 16.2. The van der Waals surface area contributed by atoms with Crippen molar-refractivity contribution in [3.05, 3.63) is 65.2 Å². The van der Waals surface area contributed by atoms with E-state index in [9.17, 15) is 10.1 Å². The highest BCUT2D eigenvalue weighted by Gasteiger charge is 2.13. The third-order valence-corrected chi connectivity index (χ3v) is 3.62. The summed E-state index contributed by atoms with van der Waals surface area (Å²) >= 11 is 0. The fraction of sp³-hybridized carbons (Fsp3) is 0.273. The van der Waals surface area contributed by atoms with E-state index in [1.165, 1.54) is 0 Å². The van der Waals surface area contributed by atoms with Gasteiger partial charge in [0.05, 0.1) is 13.2 Å². The van der Waals surface area contributed by atoms with E-state index in [1.807, 2.05) is 38.1 Å². The number of nitrogens with zero attached hydrogens (tertiary/aromatic N) is 1. The van der Waals surface area contributed by atoms with Crippen LogP contribution in [0.1, 0.15) is 42.6 Å². The Bertz CT molecular complexity index is 804. The molecule has 0 atom stereocenters. The quantitative estimate of drug-likeness (QED) is 0.361. The lowest BCUT2D eigenvalue weighted by Crippen LogP contribution is -2.03. The highest BCUT2D eigenvalue weighted by molar-refractivity contribution is 6.14. The second-order valence-corrected chi connectivity index (χ2v) is 5.76. The Kier molecular flexibility index (Phi) is 7.45. The van der Waals surface area contributed by atoms with Gasteiger partial charge in [-0.05, 0) is 31.1 Å². The third-order valence-electron chi connectivity index (χ3n) is 3.62. The molecule has 0 saturated heterocycles. The molecule has 4 nitrogen and oxygen atoms in total. The molecular formula is C22H23NO3. The number of allylic oxidation sites excluding steroid dienone is 1. The molecule has 0 spiro atoms. The molecule has 0 bridgehead atoms. The molecule has 0 radical (unpaired) electrons. The maximum atomic E-state index is 12.6. The number of ether oxygens (including phenoxy) is 2. The SMILES string of the molecule is CCCOc1ccc(/C=C(\C#N)C(=O)c2ccccc2)c(OCCC)c1. The molecule has 0 fully saturated rings. The Morgan fingerprint density at radius 2 is 1.73 bits per heavy atom.